The Morgan fingerprint density at radius 2 is 0.746 bits per heavy atom. The molecule has 0 aromatic rings. The van der Waals surface area contributed by atoms with Gasteiger partial charge in [0, 0.05) is 12.8 Å². The van der Waals surface area contributed by atoms with E-state index in [1.54, 1.807) is 0 Å². The van der Waals surface area contributed by atoms with E-state index in [0.717, 1.165) is 51.4 Å². The van der Waals surface area contributed by atoms with Crippen LogP contribution in [0.3, 0.4) is 0 Å². The molecule has 0 fully saturated rings. The first-order valence-corrected chi connectivity index (χ1v) is 30.1. The predicted molar refractivity (Wildman–Crippen MR) is 292 cm³/mol. The topological polar surface area (TPSA) is 95.9 Å². The molecule has 1 amide bonds. The molecular weight excluding hydrogens is 827 g/mol. The first kappa shape index (κ1) is 65.3. The third-order valence-corrected chi connectivity index (χ3v) is 14.0. The van der Waals surface area contributed by atoms with Gasteiger partial charge in [0.1, 0.15) is 0 Å². The normalized spacial score (nSPS) is 12.7. The monoisotopic (exact) mass is 944 g/mol. The van der Waals surface area contributed by atoms with Gasteiger partial charge >= 0.3 is 5.97 Å². The first-order valence-electron chi connectivity index (χ1n) is 30.1. The van der Waals surface area contributed by atoms with Gasteiger partial charge in [-0.2, -0.15) is 0 Å². The highest BCUT2D eigenvalue weighted by Crippen LogP contribution is 2.18. The lowest BCUT2D eigenvalue weighted by atomic mass is 10.0. The minimum absolute atomic E-state index is 0.000509. The molecule has 0 bridgehead atoms. The quantitative estimate of drug-likeness (QED) is 0.0321. The van der Waals surface area contributed by atoms with Crippen LogP contribution in [0.25, 0.3) is 0 Å². The van der Waals surface area contributed by atoms with E-state index in [0.29, 0.717) is 25.9 Å². The number of hydrogen-bond donors (Lipinski definition) is 3. The Labute approximate surface area is 418 Å². The van der Waals surface area contributed by atoms with Gasteiger partial charge < -0.3 is 20.3 Å². The zero-order valence-electron chi connectivity index (χ0n) is 45.1. The summed E-state index contributed by atoms with van der Waals surface area (Å²) in [5.74, 6) is -0.0349. The van der Waals surface area contributed by atoms with Gasteiger partial charge in [-0.15, -0.1) is 0 Å². The molecule has 2 unspecified atom stereocenters. The number of rotatable bonds is 56. The SMILES string of the molecule is CCCCC/C=C\C/C=C\CCCCCCCC(=O)OCCCCCCCCCCCCCCCCCCCCCCCCC(=O)NC(CO)C(O)CCCCCCCCCCCCCCC. The van der Waals surface area contributed by atoms with E-state index in [4.69, 9.17) is 4.74 Å². The Hall–Kier alpha value is -1.66. The summed E-state index contributed by atoms with van der Waals surface area (Å²) in [6.07, 6.45) is 68.9. The van der Waals surface area contributed by atoms with Crippen LogP contribution in [-0.2, 0) is 14.3 Å². The van der Waals surface area contributed by atoms with E-state index < -0.39 is 12.1 Å². The van der Waals surface area contributed by atoms with Gasteiger partial charge in [-0.25, -0.2) is 0 Å². The molecule has 0 rings (SSSR count). The third-order valence-electron chi connectivity index (χ3n) is 14.0. The first-order chi connectivity index (χ1) is 33.0. The zero-order valence-corrected chi connectivity index (χ0v) is 45.1. The van der Waals surface area contributed by atoms with Crippen LogP contribution in [0, 0.1) is 0 Å². The van der Waals surface area contributed by atoms with Gasteiger partial charge in [-0.05, 0) is 57.8 Å². The number of allylic oxidation sites excluding steroid dienone is 4. The number of ether oxygens (including phenoxy) is 1. The van der Waals surface area contributed by atoms with Crippen molar-refractivity contribution in [2.24, 2.45) is 0 Å². The molecule has 0 saturated heterocycles. The number of amides is 1. The Kier molecular flexibility index (Phi) is 55.5. The maximum Gasteiger partial charge on any atom is 0.305 e. The fourth-order valence-corrected chi connectivity index (χ4v) is 9.38. The average Bonchev–Trinajstić information content (AvgIpc) is 3.33. The maximum absolute atomic E-state index is 12.5. The Bertz CT molecular complexity index is 1040. The summed E-state index contributed by atoms with van der Waals surface area (Å²) in [5.41, 5.74) is 0. The summed E-state index contributed by atoms with van der Waals surface area (Å²) in [4.78, 5) is 24.5. The average molecular weight is 945 g/mol. The lowest BCUT2D eigenvalue weighted by molar-refractivity contribution is -0.143. The van der Waals surface area contributed by atoms with Crippen LogP contribution in [0.5, 0.6) is 0 Å². The molecule has 0 saturated carbocycles. The summed E-state index contributed by atoms with van der Waals surface area (Å²) in [5, 5.41) is 23.2. The van der Waals surface area contributed by atoms with E-state index in [9.17, 15) is 19.8 Å². The number of nitrogens with one attached hydrogen (secondary N) is 1. The molecule has 2 atom stereocenters. The number of carbonyl (C=O) groups excluding carboxylic acids is 2. The third kappa shape index (κ3) is 53.5. The molecule has 6 heteroatoms. The van der Waals surface area contributed by atoms with Crippen LogP contribution >= 0.6 is 0 Å². The highest BCUT2D eigenvalue weighted by atomic mass is 16.5. The van der Waals surface area contributed by atoms with Crippen molar-refractivity contribution in [1.82, 2.24) is 5.32 Å². The number of aliphatic hydroxyl groups excluding tert-OH is 2. The lowest BCUT2D eigenvalue weighted by Gasteiger charge is -2.22. The van der Waals surface area contributed by atoms with Crippen LogP contribution < -0.4 is 5.32 Å². The van der Waals surface area contributed by atoms with Gasteiger partial charge in [0.15, 0.2) is 0 Å². The van der Waals surface area contributed by atoms with Crippen molar-refractivity contribution in [3.63, 3.8) is 0 Å². The Morgan fingerprint density at radius 1 is 0.418 bits per heavy atom. The molecule has 0 aliphatic carbocycles. The zero-order chi connectivity index (χ0) is 48.6. The minimum atomic E-state index is -0.663. The molecule has 0 spiro atoms. The molecule has 0 aromatic heterocycles. The summed E-state index contributed by atoms with van der Waals surface area (Å²) in [6.45, 7) is 4.93. The minimum Gasteiger partial charge on any atom is -0.466 e. The van der Waals surface area contributed by atoms with Crippen molar-refractivity contribution in [1.29, 1.82) is 0 Å². The molecule has 0 radical (unpaired) electrons. The highest BCUT2D eigenvalue weighted by molar-refractivity contribution is 5.76. The molecular formula is C61H117NO5. The van der Waals surface area contributed by atoms with E-state index in [1.807, 2.05) is 0 Å². The Morgan fingerprint density at radius 3 is 1.16 bits per heavy atom. The second kappa shape index (κ2) is 56.9. The summed E-state index contributed by atoms with van der Waals surface area (Å²) < 4.78 is 5.48. The maximum atomic E-state index is 12.5. The molecule has 67 heavy (non-hydrogen) atoms. The van der Waals surface area contributed by atoms with E-state index in [-0.39, 0.29) is 18.5 Å². The van der Waals surface area contributed by atoms with Gasteiger partial charge in [0.2, 0.25) is 5.91 Å². The molecule has 0 aromatic carbocycles. The van der Waals surface area contributed by atoms with Crippen molar-refractivity contribution in [2.45, 2.75) is 341 Å². The molecule has 0 aliphatic rings. The number of carbonyl (C=O) groups is 2. The van der Waals surface area contributed by atoms with Gasteiger partial charge in [0.25, 0.3) is 0 Å². The fourth-order valence-electron chi connectivity index (χ4n) is 9.38. The van der Waals surface area contributed by atoms with E-state index >= 15 is 0 Å². The van der Waals surface area contributed by atoms with Crippen LogP contribution in [-0.4, -0.2) is 47.4 Å². The second-order valence-electron chi connectivity index (χ2n) is 20.7. The van der Waals surface area contributed by atoms with Crippen molar-refractivity contribution in [2.75, 3.05) is 13.2 Å². The van der Waals surface area contributed by atoms with Crippen LogP contribution in [0.4, 0.5) is 0 Å². The van der Waals surface area contributed by atoms with Crippen molar-refractivity contribution < 1.29 is 24.5 Å². The molecule has 0 heterocycles. The van der Waals surface area contributed by atoms with Crippen LogP contribution in [0.15, 0.2) is 24.3 Å². The van der Waals surface area contributed by atoms with Crippen molar-refractivity contribution in [3.8, 4) is 0 Å². The van der Waals surface area contributed by atoms with E-state index in [2.05, 4.69) is 43.5 Å². The standard InChI is InChI=1S/C61H117NO5/c1-3-5-7-9-11-13-15-17-26-31-35-39-43-47-51-55-61(66)67-56-52-48-44-40-36-32-28-25-23-21-19-18-20-22-24-27-30-34-38-42-46-50-54-60(65)62-58(57-63)59(64)53-49-45-41-37-33-29-16-14-12-10-8-6-4-2/h11,13,17,26,58-59,63-64H,3-10,12,14-16,18-25,27-57H2,1-2H3,(H,62,65)/b13-11-,26-17-. The summed E-state index contributed by atoms with van der Waals surface area (Å²) >= 11 is 0. The summed E-state index contributed by atoms with van der Waals surface area (Å²) in [6, 6.07) is -0.541. The fraction of sp³-hybridized carbons (Fsp3) is 0.902. The smallest absolute Gasteiger partial charge is 0.305 e. The predicted octanol–water partition coefficient (Wildman–Crippen LogP) is 18.6. The van der Waals surface area contributed by atoms with Crippen LogP contribution in [0.2, 0.25) is 0 Å². The largest absolute Gasteiger partial charge is 0.466 e. The van der Waals surface area contributed by atoms with Gasteiger partial charge in [-0.3, -0.25) is 9.59 Å². The van der Waals surface area contributed by atoms with Crippen molar-refractivity contribution >= 4 is 11.9 Å². The number of aliphatic hydroxyl groups is 2. The molecule has 3 N–H and O–H groups in total. The van der Waals surface area contributed by atoms with Crippen LogP contribution in [0.1, 0.15) is 328 Å². The number of esters is 1. The molecule has 0 aliphatic heterocycles. The van der Waals surface area contributed by atoms with Gasteiger partial charge in [0.05, 0.1) is 25.4 Å². The second-order valence-corrected chi connectivity index (χ2v) is 20.7. The van der Waals surface area contributed by atoms with E-state index in [1.165, 1.54) is 244 Å². The lowest BCUT2D eigenvalue weighted by Crippen LogP contribution is -2.45. The molecule has 6 nitrogen and oxygen atoms in total. The summed E-state index contributed by atoms with van der Waals surface area (Å²) in [7, 11) is 0. The highest BCUT2D eigenvalue weighted by Gasteiger charge is 2.20. The van der Waals surface area contributed by atoms with Gasteiger partial charge in [-0.1, -0.05) is 282 Å². The Balaban J connectivity index is 3.37. The number of hydrogen-bond acceptors (Lipinski definition) is 5. The number of unbranched alkanes of at least 4 members (excludes halogenated alkanes) is 41. The van der Waals surface area contributed by atoms with Crippen molar-refractivity contribution in [3.05, 3.63) is 24.3 Å². The molecule has 396 valence electrons.